The normalized spacial score (nSPS) is 18.8. The first-order chi connectivity index (χ1) is 12.7. The van der Waals surface area contributed by atoms with E-state index in [1.807, 2.05) is 11.8 Å². The van der Waals surface area contributed by atoms with E-state index >= 15 is 0 Å². The lowest BCUT2D eigenvalue weighted by Gasteiger charge is -2.40. The molecule has 2 aromatic carbocycles. The van der Waals surface area contributed by atoms with Crippen molar-refractivity contribution in [3.8, 4) is 0 Å². The van der Waals surface area contributed by atoms with Crippen LogP contribution >= 0.6 is 24.2 Å². The van der Waals surface area contributed by atoms with E-state index in [4.69, 9.17) is 0 Å². The lowest BCUT2D eigenvalue weighted by molar-refractivity contribution is 0.158. The second-order valence-electron chi connectivity index (χ2n) is 7.53. The zero-order chi connectivity index (χ0) is 18.4. The van der Waals surface area contributed by atoms with Crippen molar-refractivity contribution in [1.82, 2.24) is 4.90 Å². The quantitative estimate of drug-likeness (QED) is 0.439. The summed E-state index contributed by atoms with van der Waals surface area (Å²) in [6, 6.07) is 18.5. The van der Waals surface area contributed by atoms with Gasteiger partial charge in [-0.15, -0.1) is 24.2 Å². The third kappa shape index (κ3) is 5.53. The van der Waals surface area contributed by atoms with Crippen LogP contribution in [0, 0.1) is 0 Å². The van der Waals surface area contributed by atoms with Crippen LogP contribution in [0.2, 0.25) is 0 Å². The SMILES string of the molecule is CCCN(CCC)C1CCc2cccc(SCc3ccccc3)c2C1C.Cl. The molecule has 2 aromatic rings. The van der Waals surface area contributed by atoms with Crippen LogP contribution < -0.4 is 0 Å². The average Bonchev–Trinajstić information content (AvgIpc) is 2.67. The molecule has 27 heavy (non-hydrogen) atoms. The van der Waals surface area contributed by atoms with Gasteiger partial charge >= 0.3 is 0 Å². The molecule has 0 radical (unpaired) electrons. The Morgan fingerprint density at radius 1 is 0.963 bits per heavy atom. The molecule has 0 aromatic heterocycles. The van der Waals surface area contributed by atoms with E-state index in [1.54, 1.807) is 11.1 Å². The molecule has 0 aliphatic heterocycles. The van der Waals surface area contributed by atoms with Crippen molar-refractivity contribution in [2.45, 2.75) is 69.1 Å². The summed E-state index contributed by atoms with van der Waals surface area (Å²) in [7, 11) is 0. The number of nitrogens with zero attached hydrogens (tertiary/aromatic N) is 1. The molecule has 2 atom stereocenters. The van der Waals surface area contributed by atoms with Crippen molar-refractivity contribution < 1.29 is 0 Å². The number of benzene rings is 2. The van der Waals surface area contributed by atoms with Crippen LogP contribution in [0.15, 0.2) is 53.4 Å². The number of thioether (sulfide) groups is 1. The number of aryl methyl sites for hydroxylation is 1. The average molecular weight is 404 g/mol. The van der Waals surface area contributed by atoms with E-state index < -0.39 is 0 Å². The van der Waals surface area contributed by atoms with Crippen LogP contribution in [0.5, 0.6) is 0 Å². The Bertz CT molecular complexity index is 682. The van der Waals surface area contributed by atoms with Gasteiger partial charge in [-0.2, -0.15) is 0 Å². The van der Waals surface area contributed by atoms with Gasteiger partial charge in [0.05, 0.1) is 0 Å². The van der Waals surface area contributed by atoms with Gasteiger partial charge in [0.25, 0.3) is 0 Å². The summed E-state index contributed by atoms with van der Waals surface area (Å²) in [6.45, 7) is 9.55. The second kappa shape index (κ2) is 11.1. The van der Waals surface area contributed by atoms with Crippen LogP contribution in [-0.2, 0) is 12.2 Å². The van der Waals surface area contributed by atoms with Crippen molar-refractivity contribution in [3.63, 3.8) is 0 Å². The standard InChI is InChI=1S/C24H33NS.ClH/c1-4-16-25(17-5-2)22-15-14-21-12-9-13-23(24(21)19(22)3)26-18-20-10-7-6-8-11-20;/h6-13,19,22H,4-5,14-18H2,1-3H3;1H. The minimum absolute atomic E-state index is 0. The fraction of sp³-hybridized carbons (Fsp3) is 0.500. The molecular weight excluding hydrogens is 370 g/mol. The molecule has 1 nitrogen and oxygen atoms in total. The van der Waals surface area contributed by atoms with Gasteiger partial charge in [0.1, 0.15) is 0 Å². The monoisotopic (exact) mass is 403 g/mol. The summed E-state index contributed by atoms with van der Waals surface area (Å²) in [5, 5.41) is 0. The fourth-order valence-corrected chi connectivity index (χ4v) is 5.61. The van der Waals surface area contributed by atoms with Gasteiger partial charge in [0, 0.05) is 16.7 Å². The summed E-state index contributed by atoms with van der Waals surface area (Å²) < 4.78 is 0. The highest BCUT2D eigenvalue weighted by Crippen LogP contribution is 2.41. The number of hydrogen-bond donors (Lipinski definition) is 0. The molecule has 0 spiro atoms. The molecule has 2 unspecified atom stereocenters. The van der Waals surface area contributed by atoms with E-state index in [-0.39, 0.29) is 12.4 Å². The molecule has 3 rings (SSSR count). The van der Waals surface area contributed by atoms with Crippen LogP contribution in [0.3, 0.4) is 0 Å². The first-order valence-corrected chi connectivity index (χ1v) is 11.3. The number of hydrogen-bond acceptors (Lipinski definition) is 2. The predicted octanol–water partition coefficient (Wildman–Crippen LogP) is 6.94. The van der Waals surface area contributed by atoms with Crippen molar-refractivity contribution in [3.05, 3.63) is 65.2 Å². The maximum absolute atomic E-state index is 2.76. The Labute approximate surface area is 176 Å². The summed E-state index contributed by atoms with van der Waals surface area (Å²) in [5.74, 6) is 1.68. The molecule has 0 bridgehead atoms. The maximum Gasteiger partial charge on any atom is 0.0232 e. The minimum Gasteiger partial charge on any atom is -0.300 e. The number of fused-ring (bicyclic) bond motifs is 1. The maximum atomic E-state index is 2.76. The largest absolute Gasteiger partial charge is 0.300 e. The highest BCUT2D eigenvalue weighted by atomic mass is 35.5. The first kappa shape index (κ1) is 22.3. The van der Waals surface area contributed by atoms with E-state index in [0.29, 0.717) is 12.0 Å². The van der Waals surface area contributed by atoms with Gasteiger partial charge in [-0.05, 0) is 67.4 Å². The zero-order valence-electron chi connectivity index (χ0n) is 17.0. The van der Waals surface area contributed by atoms with Crippen molar-refractivity contribution in [2.75, 3.05) is 13.1 Å². The Morgan fingerprint density at radius 2 is 1.67 bits per heavy atom. The molecule has 0 fully saturated rings. The molecule has 148 valence electrons. The van der Waals surface area contributed by atoms with Crippen molar-refractivity contribution in [2.24, 2.45) is 0 Å². The molecule has 1 aliphatic carbocycles. The lowest BCUT2D eigenvalue weighted by Crippen LogP contribution is -2.42. The summed E-state index contributed by atoms with van der Waals surface area (Å²) in [4.78, 5) is 4.25. The van der Waals surface area contributed by atoms with Gasteiger partial charge in [-0.3, -0.25) is 4.90 Å². The summed E-state index contributed by atoms with van der Waals surface area (Å²) in [5.41, 5.74) is 4.62. The van der Waals surface area contributed by atoms with E-state index in [2.05, 4.69) is 74.2 Å². The Balaban J connectivity index is 0.00000261. The van der Waals surface area contributed by atoms with E-state index in [0.717, 1.165) is 5.75 Å². The third-order valence-corrected chi connectivity index (χ3v) is 6.77. The molecule has 0 saturated carbocycles. The summed E-state index contributed by atoms with van der Waals surface area (Å²) in [6.07, 6.45) is 5.04. The van der Waals surface area contributed by atoms with Crippen LogP contribution in [0.25, 0.3) is 0 Å². The minimum atomic E-state index is 0. The number of halogens is 1. The van der Waals surface area contributed by atoms with Gasteiger partial charge in [0.15, 0.2) is 0 Å². The Kier molecular flexibility index (Phi) is 9.21. The molecule has 0 N–H and O–H groups in total. The smallest absolute Gasteiger partial charge is 0.0232 e. The van der Waals surface area contributed by atoms with Gasteiger partial charge in [-0.1, -0.05) is 63.2 Å². The van der Waals surface area contributed by atoms with Crippen LogP contribution in [0.1, 0.15) is 62.6 Å². The molecule has 0 amide bonds. The molecule has 3 heteroatoms. The Morgan fingerprint density at radius 3 is 2.33 bits per heavy atom. The highest BCUT2D eigenvalue weighted by Gasteiger charge is 2.31. The van der Waals surface area contributed by atoms with Gasteiger partial charge in [-0.25, -0.2) is 0 Å². The van der Waals surface area contributed by atoms with E-state index in [1.165, 1.54) is 49.2 Å². The van der Waals surface area contributed by atoms with E-state index in [9.17, 15) is 0 Å². The molecular formula is C24H34ClNS. The first-order valence-electron chi connectivity index (χ1n) is 10.3. The van der Waals surface area contributed by atoms with Gasteiger partial charge < -0.3 is 0 Å². The van der Waals surface area contributed by atoms with Crippen molar-refractivity contribution in [1.29, 1.82) is 0 Å². The molecule has 0 heterocycles. The third-order valence-electron chi connectivity index (χ3n) is 5.63. The number of rotatable bonds is 8. The predicted molar refractivity (Wildman–Crippen MR) is 122 cm³/mol. The lowest BCUT2D eigenvalue weighted by atomic mass is 9.79. The summed E-state index contributed by atoms with van der Waals surface area (Å²) >= 11 is 2.01. The van der Waals surface area contributed by atoms with Crippen LogP contribution in [0.4, 0.5) is 0 Å². The Hall–Kier alpha value is -0.960. The van der Waals surface area contributed by atoms with Crippen LogP contribution in [-0.4, -0.2) is 24.0 Å². The zero-order valence-corrected chi connectivity index (χ0v) is 18.6. The highest BCUT2D eigenvalue weighted by molar-refractivity contribution is 7.98. The topological polar surface area (TPSA) is 3.24 Å². The second-order valence-corrected chi connectivity index (χ2v) is 8.55. The molecule has 1 aliphatic rings. The van der Waals surface area contributed by atoms with Gasteiger partial charge in [0.2, 0.25) is 0 Å². The fourth-order valence-electron chi connectivity index (χ4n) is 4.45. The molecule has 0 saturated heterocycles. The van der Waals surface area contributed by atoms with Crippen molar-refractivity contribution >= 4 is 24.2 Å².